The Balaban J connectivity index is 0. The van der Waals surface area contributed by atoms with Crippen molar-refractivity contribution in [3.63, 3.8) is 0 Å². The van der Waals surface area contributed by atoms with E-state index in [9.17, 15) is 0 Å². The molecule has 0 aliphatic carbocycles. The molecule has 0 rings (SSSR count). The molecule has 0 unspecified atom stereocenters. The molecule has 0 spiro atoms. The predicted octanol–water partition coefficient (Wildman–Crippen LogP) is -0.610. The van der Waals surface area contributed by atoms with Gasteiger partial charge in [-0.1, -0.05) is 22.4 Å². The zero-order valence-electron chi connectivity index (χ0n) is 4.91. The zero-order chi connectivity index (χ0) is 4.83. The van der Waals surface area contributed by atoms with Crippen molar-refractivity contribution in [3.8, 4) is 0 Å². The fourth-order valence-corrected chi connectivity index (χ4v) is 0.668. The molecular formula is C5H10BrK. The Kier molecular flexibility index (Phi) is 18.6. The van der Waals surface area contributed by atoms with Crippen molar-refractivity contribution in [2.75, 3.05) is 5.33 Å². The van der Waals surface area contributed by atoms with Crippen LogP contribution < -0.4 is 51.4 Å². The number of alkyl halides is 1. The summed E-state index contributed by atoms with van der Waals surface area (Å²) >= 11 is 3.32. The molecule has 0 aliphatic heterocycles. The van der Waals surface area contributed by atoms with E-state index in [2.05, 4.69) is 22.9 Å². The Morgan fingerprint density at radius 1 is 1.29 bits per heavy atom. The molecule has 0 aromatic rings. The molecule has 0 saturated heterocycles. The van der Waals surface area contributed by atoms with Gasteiger partial charge in [0.1, 0.15) is 0 Å². The van der Waals surface area contributed by atoms with Crippen molar-refractivity contribution < 1.29 is 51.4 Å². The summed E-state index contributed by atoms with van der Waals surface area (Å²) in [5, 5.41) is 1.13. The van der Waals surface area contributed by atoms with Crippen molar-refractivity contribution in [1.82, 2.24) is 0 Å². The molecule has 0 aromatic carbocycles. The van der Waals surface area contributed by atoms with Crippen molar-refractivity contribution in [1.29, 1.82) is 0 Å². The van der Waals surface area contributed by atoms with Crippen molar-refractivity contribution >= 4 is 15.9 Å². The van der Waals surface area contributed by atoms with Crippen LogP contribution in [0.3, 0.4) is 0 Å². The normalized spacial score (nSPS) is 7.71. The molecule has 0 atom stereocenters. The average molecular weight is 189 g/mol. The van der Waals surface area contributed by atoms with Crippen LogP contribution in [0.2, 0.25) is 0 Å². The fraction of sp³-hybridized carbons (Fsp3) is 0.800. The first-order valence-corrected chi connectivity index (χ1v) is 3.39. The van der Waals surface area contributed by atoms with Crippen LogP contribution in [0.1, 0.15) is 19.3 Å². The van der Waals surface area contributed by atoms with Crippen LogP contribution >= 0.6 is 15.9 Å². The number of hydrogen-bond donors (Lipinski definition) is 0. The predicted molar refractivity (Wildman–Crippen MR) is 33.0 cm³/mol. The van der Waals surface area contributed by atoms with Crippen LogP contribution in [0.4, 0.5) is 0 Å². The van der Waals surface area contributed by atoms with Gasteiger partial charge in [-0.2, -0.15) is 6.42 Å². The summed E-state index contributed by atoms with van der Waals surface area (Å²) in [6, 6.07) is 0. The molecular weight excluding hydrogens is 179 g/mol. The van der Waals surface area contributed by atoms with E-state index in [0.29, 0.717) is 0 Å². The first kappa shape index (κ1) is 11.9. The SMILES string of the molecule is [CH2-]CCCCBr.[K+]. The second-order valence-corrected chi connectivity index (χ2v) is 2.04. The molecule has 0 N–H and O–H groups in total. The van der Waals surface area contributed by atoms with E-state index in [1.165, 1.54) is 12.8 Å². The van der Waals surface area contributed by atoms with Gasteiger partial charge in [0.15, 0.2) is 0 Å². The molecule has 0 fully saturated rings. The smallest absolute Gasteiger partial charge is 0.343 e. The maximum Gasteiger partial charge on any atom is 1.00 e. The van der Waals surface area contributed by atoms with E-state index in [0.717, 1.165) is 11.8 Å². The van der Waals surface area contributed by atoms with Gasteiger partial charge in [0.05, 0.1) is 0 Å². The van der Waals surface area contributed by atoms with Gasteiger partial charge in [-0.25, -0.2) is 0 Å². The first-order valence-electron chi connectivity index (χ1n) is 2.27. The second-order valence-electron chi connectivity index (χ2n) is 1.25. The largest absolute Gasteiger partial charge is 1.00 e. The molecule has 0 heterocycles. The van der Waals surface area contributed by atoms with E-state index < -0.39 is 0 Å². The summed E-state index contributed by atoms with van der Waals surface area (Å²) in [6.45, 7) is 3.70. The van der Waals surface area contributed by atoms with Crippen molar-refractivity contribution in [2.24, 2.45) is 0 Å². The summed E-state index contributed by atoms with van der Waals surface area (Å²) in [5.74, 6) is 0. The monoisotopic (exact) mass is 188 g/mol. The number of unbranched alkanes of at least 4 members (excludes halogenated alkanes) is 2. The summed E-state index contributed by atoms with van der Waals surface area (Å²) in [4.78, 5) is 0. The maximum atomic E-state index is 3.70. The molecule has 0 bridgehead atoms. The standard InChI is InChI=1S/C5H10Br.K/c1-2-3-4-5-6;/h1-5H2;/q-1;+1. The van der Waals surface area contributed by atoms with Crippen molar-refractivity contribution in [2.45, 2.75) is 19.3 Å². The number of hydrogen-bond acceptors (Lipinski definition) is 0. The Morgan fingerprint density at radius 3 is 2.00 bits per heavy atom. The molecule has 0 nitrogen and oxygen atoms in total. The quantitative estimate of drug-likeness (QED) is 0.240. The fourth-order valence-electron chi connectivity index (χ4n) is 0.271. The number of rotatable bonds is 3. The minimum absolute atomic E-state index is 0. The molecule has 0 aliphatic rings. The van der Waals surface area contributed by atoms with Gasteiger partial charge < -0.3 is 6.92 Å². The molecule has 0 aromatic heterocycles. The van der Waals surface area contributed by atoms with Gasteiger partial charge in [0.25, 0.3) is 0 Å². The third-order valence-corrected chi connectivity index (χ3v) is 1.19. The van der Waals surface area contributed by atoms with Gasteiger partial charge in [0.2, 0.25) is 0 Å². The van der Waals surface area contributed by atoms with Crippen LogP contribution in [0.15, 0.2) is 0 Å². The van der Waals surface area contributed by atoms with Crippen LogP contribution in [0.25, 0.3) is 0 Å². The number of halogens is 1. The summed E-state index contributed by atoms with van der Waals surface area (Å²) in [6.07, 6.45) is 3.60. The molecule has 38 valence electrons. The second kappa shape index (κ2) is 11.0. The van der Waals surface area contributed by atoms with Gasteiger partial charge in [0, 0.05) is 5.33 Å². The van der Waals surface area contributed by atoms with Crippen molar-refractivity contribution in [3.05, 3.63) is 6.92 Å². The third-order valence-electron chi connectivity index (χ3n) is 0.634. The van der Waals surface area contributed by atoms with Crippen LogP contribution in [0.5, 0.6) is 0 Å². The molecule has 2 heteroatoms. The van der Waals surface area contributed by atoms with E-state index in [-0.39, 0.29) is 51.4 Å². The minimum atomic E-state index is 0. The molecule has 0 amide bonds. The van der Waals surface area contributed by atoms with Gasteiger partial charge in [-0.05, 0) is 6.42 Å². The van der Waals surface area contributed by atoms with E-state index in [1.807, 2.05) is 0 Å². The first-order chi connectivity index (χ1) is 2.91. The Morgan fingerprint density at radius 2 is 1.86 bits per heavy atom. The summed E-state index contributed by atoms with van der Waals surface area (Å²) in [7, 11) is 0. The zero-order valence-corrected chi connectivity index (χ0v) is 9.62. The Hall–Kier alpha value is 2.12. The Labute approximate surface area is 97.0 Å². The van der Waals surface area contributed by atoms with E-state index >= 15 is 0 Å². The van der Waals surface area contributed by atoms with Crippen LogP contribution in [-0.4, -0.2) is 5.33 Å². The van der Waals surface area contributed by atoms with Crippen LogP contribution in [0, 0.1) is 6.92 Å². The van der Waals surface area contributed by atoms with Gasteiger partial charge in [-0.3, -0.25) is 0 Å². The molecule has 0 radical (unpaired) electrons. The molecule has 0 saturated carbocycles. The maximum absolute atomic E-state index is 3.70. The topological polar surface area (TPSA) is 0 Å². The van der Waals surface area contributed by atoms with E-state index in [4.69, 9.17) is 0 Å². The third kappa shape index (κ3) is 11.6. The average Bonchev–Trinajstić information content (AvgIpc) is 1.61. The van der Waals surface area contributed by atoms with Gasteiger partial charge >= 0.3 is 51.4 Å². The summed E-state index contributed by atoms with van der Waals surface area (Å²) in [5.41, 5.74) is 0. The minimum Gasteiger partial charge on any atom is -0.343 e. The van der Waals surface area contributed by atoms with E-state index in [1.54, 1.807) is 0 Å². The summed E-state index contributed by atoms with van der Waals surface area (Å²) < 4.78 is 0. The molecule has 7 heavy (non-hydrogen) atoms. The van der Waals surface area contributed by atoms with Crippen LogP contribution in [-0.2, 0) is 0 Å². The van der Waals surface area contributed by atoms with Gasteiger partial charge in [-0.15, -0.1) is 0 Å². The Bertz CT molecular complexity index is 20.0.